The maximum atomic E-state index is 6.25. The Labute approximate surface area is 117 Å². The molecule has 4 rings (SSSR count). The van der Waals surface area contributed by atoms with Crippen LogP contribution in [0.5, 0.6) is 0 Å². The topological polar surface area (TPSA) is 39.2 Å². The minimum atomic E-state index is 0.797. The number of fused-ring (bicyclic) bond motifs is 2. The normalized spacial score (nSPS) is 13.6. The first-order valence-corrected chi connectivity index (χ1v) is 6.89. The van der Waals surface area contributed by atoms with Crippen molar-refractivity contribution >= 4 is 22.5 Å². The number of hydrogen-bond acceptors (Lipinski definition) is 2. The van der Waals surface area contributed by atoms with E-state index in [0.717, 1.165) is 35.4 Å². The van der Waals surface area contributed by atoms with Gasteiger partial charge in [0.2, 0.25) is 0 Å². The average Bonchev–Trinajstić information content (AvgIpc) is 2.91. The lowest BCUT2D eigenvalue weighted by atomic mass is 9.93. The summed E-state index contributed by atoms with van der Waals surface area (Å²) in [7, 11) is 0. The molecule has 2 heteroatoms. The molecule has 0 aliphatic heterocycles. The smallest absolute Gasteiger partial charge is 0.111 e. The van der Waals surface area contributed by atoms with Gasteiger partial charge in [0.05, 0.1) is 6.26 Å². The predicted molar refractivity (Wildman–Crippen MR) is 83.4 cm³/mol. The fraction of sp³-hybridized carbons (Fsp3) is 0.111. The lowest BCUT2D eigenvalue weighted by Gasteiger charge is -2.11. The molecule has 0 unspecified atom stereocenters. The van der Waals surface area contributed by atoms with E-state index < -0.39 is 0 Å². The highest BCUT2D eigenvalue weighted by Gasteiger charge is 2.18. The minimum absolute atomic E-state index is 0.797. The van der Waals surface area contributed by atoms with Crippen molar-refractivity contribution in [3.63, 3.8) is 0 Å². The van der Waals surface area contributed by atoms with Crippen LogP contribution in [0.15, 0.2) is 53.2 Å². The van der Waals surface area contributed by atoms with Crippen LogP contribution in [-0.2, 0) is 6.42 Å². The van der Waals surface area contributed by atoms with Gasteiger partial charge >= 0.3 is 0 Å². The van der Waals surface area contributed by atoms with Crippen molar-refractivity contribution in [3.05, 3.63) is 60.1 Å². The van der Waals surface area contributed by atoms with Crippen molar-refractivity contribution in [3.8, 4) is 11.1 Å². The van der Waals surface area contributed by atoms with Crippen molar-refractivity contribution in [1.29, 1.82) is 0 Å². The van der Waals surface area contributed by atoms with E-state index in [1.807, 2.05) is 24.5 Å². The monoisotopic (exact) mass is 261 g/mol. The van der Waals surface area contributed by atoms with Gasteiger partial charge in [-0.15, -0.1) is 0 Å². The standard InChI is InChI=1S/C18H15NO/c19-16-10-9-12-5-1-2-6-13(12)18(16)15-11-20-17-8-4-3-7-14(15)17/h1-3,5-7,9-11H,4,8,19H2. The molecule has 0 spiro atoms. The molecule has 0 saturated carbocycles. The molecule has 2 N–H and O–H groups in total. The highest BCUT2D eigenvalue weighted by molar-refractivity contribution is 6.03. The lowest BCUT2D eigenvalue weighted by Crippen LogP contribution is -1.94. The zero-order valence-corrected chi connectivity index (χ0v) is 11.1. The highest BCUT2D eigenvalue weighted by Crippen LogP contribution is 2.39. The summed E-state index contributed by atoms with van der Waals surface area (Å²) in [5.41, 5.74) is 10.4. The summed E-state index contributed by atoms with van der Waals surface area (Å²) >= 11 is 0. The van der Waals surface area contributed by atoms with E-state index in [1.54, 1.807) is 0 Å². The predicted octanol–water partition coefficient (Wildman–Crippen LogP) is 4.64. The second-order valence-electron chi connectivity index (χ2n) is 5.18. The van der Waals surface area contributed by atoms with Crippen LogP contribution in [0.1, 0.15) is 17.7 Å². The molecule has 1 heterocycles. The van der Waals surface area contributed by atoms with Gasteiger partial charge in [0.15, 0.2) is 0 Å². The molecule has 0 atom stereocenters. The molecule has 1 aliphatic rings. The fourth-order valence-corrected chi connectivity index (χ4v) is 2.98. The number of benzene rings is 2. The van der Waals surface area contributed by atoms with Gasteiger partial charge in [-0.3, -0.25) is 0 Å². The van der Waals surface area contributed by atoms with Gasteiger partial charge < -0.3 is 10.2 Å². The van der Waals surface area contributed by atoms with Crippen LogP contribution in [0.2, 0.25) is 0 Å². The van der Waals surface area contributed by atoms with E-state index >= 15 is 0 Å². The van der Waals surface area contributed by atoms with Gasteiger partial charge in [-0.1, -0.05) is 42.5 Å². The van der Waals surface area contributed by atoms with E-state index in [-0.39, 0.29) is 0 Å². The molecule has 2 nitrogen and oxygen atoms in total. The van der Waals surface area contributed by atoms with E-state index in [1.165, 1.54) is 16.3 Å². The number of aryl methyl sites for hydroxylation is 1. The Morgan fingerprint density at radius 3 is 2.90 bits per heavy atom. The second-order valence-corrected chi connectivity index (χ2v) is 5.18. The third-order valence-corrected chi connectivity index (χ3v) is 3.96. The molecule has 0 saturated heterocycles. The first-order valence-electron chi connectivity index (χ1n) is 6.89. The van der Waals surface area contributed by atoms with Gasteiger partial charge in [-0.2, -0.15) is 0 Å². The largest absolute Gasteiger partial charge is 0.468 e. The van der Waals surface area contributed by atoms with Gasteiger partial charge in [0, 0.05) is 28.8 Å². The first kappa shape index (κ1) is 11.4. The minimum Gasteiger partial charge on any atom is -0.468 e. The molecule has 1 aromatic heterocycles. The van der Waals surface area contributed by atoms with Gasteiger partial charge in [-0.05, 0) is 23.3 Å². The third-order valence-electron chi connectivity index (χ3n) is 3.96. The lowest BCUT2D eigenvalue weighted by molar-refractivity contribution is 0.508. The van der Waals surface area contributed by atoms with E-state index in [2.05, 4.69) is 30.4 Å². The summed E-state index contributed by atoms with van der Waals surface area (Å²) in [6, 6.07) is 12.4. The Bertz CT molecular complexity index is 827. The molecule has 98 valence electrons. The number of nitrogen functional groups attached to an aromatic ring is 1. The molecule has 20 heavy (non-hydrogen) atoms. The Morgan fingerprint density at radius 2 is 1.95 bits per heavy atom. The Balaban J connectivity index is 2.06. The molecule has 0 bridgehead atoms. The van der Waals surface area contributed by atoms with Crippen LogP contribution >= 0.6 is 0 Å². The fourth-order valence-electron chi connectivity index (χ4n) is 2.98. The van der Waals surface area contributed by atoms with Crippen LogP contribution in [0, 0.1) is 0 Å². The van der Waals surface area contributed by atoms with Crippen molar-refractivity contribution in [2.45, 2.75) is 12.8 Å². The zero-order chi connectivity index (χ0) is 13.5. The van der Waals surface area contributed by atoms with E-state index in [9.17, 15) is 0 Å². The zero-order valence-electron chi connectivity index (χ0n) is 11.1. The summed E-state index contributed by atoms with van der Waals surface area (Å²) in [5, 5.41) is 2.38. The average molecular weight is 261 g/mol. The van der Waals surface area contributed by atoms with Crippen LogP contribution in [-0.4, -0.2) is 0 Å². The number of furan rings is 1. The van der Waals surface area contributed by atoms with Gasteiger partial charge in [-0.25, -0.2) is 0 Å². The number of hydrogen-bond donors (Lipinski definition) is 1. The van der Waals surface area contributed by atoms with Gasteiger partial charge in [0.25, 0.3) is 0 Å². The maximum absolute atomic E-state index is 6.25. The first-order chi connectivity index (χ1) is 9.84. The van der Waals surface area contributed by atoms with Crippen molar-refractivity contribution in [2.75, 3.05) is 5.73 Å². The number of rotatable bonds is 1. The van der Waals surface area contributed by atoms with Crippen LogP contribution in [0.25, 0.3) is 28.0 Å². The molecule has 0 fully saturated rings. The quantitative estimate of drug-likeness (QED) is 0.648. The Hall–Kier alpha value is -2.48. The second kappa shape index (κ2) is 4.27. The molecule has 0 radical (unpaired) electrons. The number of allylic oxidation sites excluding steroid dienone is 1. The maximum Gasteiger partial charge on any atom is 0.111 e. The third kappa shape index (κ3) is 1.58. The molecule has 0 amide bonds. The molecular formula is C18H15NO. The summed E-state index contributed by atoms with van der Waals surface area (Å²) in [4.78, 5) is 0. The van der Waals surface area contributed by atoms with Crippen LogP contribution in [0.3, 0.4) is 0 Å². The molecular weight excluding hydrogens is 246 g/mol. The molecule has 1 aliphatic carbocycles. The van der Waals surface area contributed by atoms with Crippen LogP contribution < -0.4 is 5.73 Å². The highest BCUT2D eigenvalue weighted by atomic mass is 16.3. The summed E-state index contributed by atoms with van der Waals surface area (Å²) < 4.78 is 5.74. The van der Waals surface area contributed by atoms with Crippen molar-refractivity contribution < 1.29 is 4.42 Å². The Morgan fingerprint density at radius 1 is 1.05 bits per heavy atom. The van der Waals surface area contributed by atoms with E-state index in [4.69, 9.17) is 10.2 Å². The van der Waals surface area contributed by atoms with Crippen molar-refractivity contribution in [1.82, 2.24) is 0 Å². The molecule has 3 aromatic rings. The van der Waals surface area contributed by atoms with Gasteiger partial charge in [0.1, 0.15) is 5.76 Å². The van der Waals surface area contributed by atoms with Crippen LogP contribution in [0.4, 0.5) is 5.69 Å². The van der Waals surface area contributed by atoms with E-state index in [0.29, 0.717) is 0 Å². The molecule has 2 aromatic carbocycles. The Kier molecular flexibility index (Phi) is 2.43. The van der Waals surface area contributed by atoms with Crippen molar-refractivity contribution in [2.24, 2.45) is 0 Å². The SMILES string of the molecule is Nc1ccc2ccccc2c1-c1coc2c1C=CCC2. The summed E-state index contributed by atoms with van der Waals surface area (Å²) in [5.74, 6) is 1.06. The summed E-state index contributed by atoms with van der Waals surface area (Å²) in [6.45, 7) is 0. The number of nitrogens with two attached hydrogens (primary N) is 1. The summed E-state index contributed by atoms with van der Waals surface area (Å²) in [6.07, 6.45) is 8.21. The number of anilines is 1.